The number of aromatic nitrogens is 1. The van der Waals surface area contributed by atoms with Gasteiger partial charge in [-0.15, -0.1) is 0 Å². The Morgan fingerprint density at radius 1 is 1.06 bits per heavy atom. The number of nitrogens with zero attached hydrogens (tertiary/aromatic N) is 2. The molecule has 1 saturated heterocycles. The second-order valence-corrected chi connectivity index (χ2v) is 8.39. The van der Waals surface area contributed by atoms with Crippen LogP contribution >= 0.6 is 11.6 Å². The van der Waals surface area contributed by atoms with Gasteiger partial charge in [0.1, 0.15) is 18.1 Å². The van der Waals surface area contributed by atoms with Crippen LogP contribution in [0.3, 0.4) is 0 Å². The molecular weight excluding hydrogens is 438 g/mol. The molecule has 0 unspecified atom stereocenters. The Balaban J connectivity index is 1.53. The second-order valence-electron chi connectivity index (χ2n) is 7.98. The van der Waals surface area contributed by atoms with Gasteiger partial charge < -0.3 is 14.6 Å². The summed E-state index contributed by atoms with van der Waals surface area (Å²) in [4.78, 5) is 25.9. The standard InChI is InChI=1S/C26H26ClN3O3/c1-4-13-29-25(31)24(28-26(29)32)15-20-14-17(2)30(18(20)3)21-9-11-22(12-10-21)33-16-19-7-5-6-8-23(19)27/h5-12,14-15H,4,13,16H2,1-3H3,(H,28,32)/b24-15+. The summed E-state index contributed by atoms with van der Waals surface area (Å²) in [6.07, 6.45) is 2.47. The highest BCUT2D eigenvalue weighted by Gasteiger charge is 2.32. The van der Waals surface area contributed by atoms with E-state index in [4.69, 9.17) is 16.3 Å². The zero-order valence-electron chi connectivity index (χ0n) is 18.9. The average Bonchev–Trinajstić information content (AvgIpc) is 3.23. The maximum atomic E-state index is 12.6. The zero-order valence-corrected chi connectivity index (χ0v) is 19.6. The van der Waals surface area contributed by atoms with E-state index in [-0.39, 0.29) is 11.9 Å². The molecule has 1 fully saturated rings. The molecule has 0 aliphatic carbocycles. The van der Waals surface area contributed by atoms with Gasteiger partial charge in [-0.1, -0.05) is 36.7 Å². The molecule has 0 bridgehead atoms. The van der Waals surface area contributed by atoms with E-state index < -0.39 is 0 Å². The number of nitrogens with one attached hydrogen (secondary N) is 1. The SMILES string of the molecule is CCCN1C(=O)N/C(=C/c2cc(C)n(-c3ccc(OCc4ccccc4Cl)cc3)c2C)C1=O. The summed E-state index contributed by atoms with van der Waals surface area (Å²) in [6.45, 7) is 6.74. The highest BCUT2D eigenvalue weighted by atomic mass is 35.5. The lowest BCUT2D eigenvalue weighted by Gasteiger charge is -2.12. The Morgan fingerprint density at radius 2 is 1.79 bits per heavy atom. The van der Waals surface area contributed by atoms with Crippen LogP contribution in [0.1, 0.15) is 35.9 Å². The molecule has 7 heteroatoms. The predicted octanol–water partition coefficient (Wildman–Crippen LogP) is 5.63. The number of rotatable bonds is 7. The number of hydrogen-bond donors (Lipinski definition) is 1. The van der Waals surface area contributed by atoms with E-state index in [2.05, 4.69) is 9.88 Å². The third kappa shape index (κ3) is 4.66. The molecule has 1 aromatic heterocycles. The van der Waals surface area contributed by atoms with E-state index in [0.717, 1.165) is 40.4 Å². The summed E-state index contributed by atoms with van der Waals surface area (Å²) in [7, 11) is 0. The number of urea groups is 1. The smallest absolute Gasteiger partial charge is 0.329 e. The van der Waals surface area contributed by atoms with Gasteiger partial charge in [0.25, 0.3) is 5.91 Å². The number of benzene rings is 2. The Hall–Kier alpha value is -3.51. The second kappa shape index (κ2) is 9.55. The first-order valence-electron chi connectivity index (χ1n) is 10.9. The minimum absolute atomic E-state index is 0.285. The highest BCUT2D eigenvalue weighted by molar-refractivity contribution is 6.31. The fourth-order valence-electron chi connectivity index (χ4n) is 3.95. The first-order chi connectivity index (χ1) is 15.9. The van der Waals surface area contributed by atoms with Crippen LogP contribution in [0, 0.1) is 13.8 Å². The molecule has 4 rings (SSSR count). The quantitative estimate of drug-likeness (QED) is 0.365. The molecule has 3 aromatic rings. The van der Waals surface area contributed by atoms with Crippen LogP contribution < -0.4 is 10.1 Å². The van der Waals surface area contributed by atoms with Gasteiger partial charge in [0.15, 0.2) is 0 Å². The maximum absolute atomic E-state index is 12.6. The molecule has 2 aromatic carbocycles. The molecule has 0 saturated carbocycles. The number of ether oxygens (including phenoxy) is 1. The van der Waals surface area contributed by atoms with Crippen LogP contribution in [-0.2, 0) is 11.4 Å². The van der Waals surface area contributed by atoms with E-state index in [1.165, 1.54) is 4.90 Å². The monoisotopic (exact) mass is 463 g/mol. The van der Waals surface area contributed by atoms with Gasteiger partial charge in [0.2, 0.25) is 0 Å². The summed E-state index contributed by atoms with van der Waals surface area (Å²) < 4.78 is 7.99. The van der Waals surface area contributed by atoms with Crippen molar-refractivity contribution >= 4 is 29.6 Å². The van der Waals surface area contributed by atoms with E-state index in [1.807, 2.05) is 75.4 Å². The van der Waals surface area contributed by atoms with Crippen molar-refractivity contribution in [1.82, 2.24) is 14.8 Å². The largest absolute Gasteiger partial charge is 0.489 e. The minimum atomic E-state index is -0.366. The Morgan fingerprint density at radius 3 is 2.48 bits per heavy atom. The number of carbonyl (C=O) groups excluding carboxylic acids is 2. The van der Waals surface area contributed by atoms with Gasteiger partial charge >= 0.3 is 6.03 Å². The van der Waals surface area contributed by atoms with Crippen LogP contribution in [0.4, 0.5) is 4.79 Å². The zero-order chi connectivity index (χ0) is 23.5. The van der Waals surface area contributed by atoms with Crippen molar-refractivity contribution in [3.8, 4) is 11.4 Å². The summed E-state index contributed by atoms with van der Waals surface area (Å²) in [6, 6.07) is 17.1. The fourth-order valence-corrected chi connectivity index (χ4v) is 4.14. The lowest BCUT2D eigenvalue weighted by atomic mass is 10.2. The van der Waals surface area contributed by atoms with E-state index in [1.54, 1.807) is 6.08 Å². The molecule has 2 heterocycles. The molecule has 1 aliphatic rings. The Labute approximate surface area is 198 Å². The number of halogens is 1. The normalized spacial score (nSPS) is 14.8. The summed E-state index contributed by atoms with van der Waals surface area (Å²) in [5, 5.41) is 3.37. The molecule has 170 valence electrons. The number of carbonyl (C=O) groups is 2. The predicted molar refractivity (Wildman–Crippen MR) is 130 cm³/mol. The van der Waals surface area contributed by atoms with Crippen molar-refractivity contribution < 1.29 is 14.3 Å². The molecule has 1 N–H and O–H groups in total. The van der Waals surface area contributed by atoms with Gasteiger partial charge in [-0.3, -0.25) is 9.69 Å². The highest BCUT2D eigenvalue weighted by Crippen LogP contribution is 2.26. The van der Waals surface area contributed by atoms with Gasteiger partial charge in [0, 0.05) is 34.2 Å². The lowest BCUT2D eigenvalue weighted by Crippen LogP contribution is -2.31. The fraction of sp³-hybridized carbons (Fsp3) is 0.231. The van der Waals surface area contributed by atoms with Gasteiger partial charge in [-0.05, 0) is 68.3 Å². The van der Waals surface area contributed by atoms with Gasteiger partial charge in [-0.2, -0.15) is 0 Å². The van der Waals surface area contributed by atoms with Crippen LogP contribution in [0.5, 0.6) is 5.75 Å². The summed E-state index contributed by atoms with van der Waals surface area (Å²) in [5.41, 5.74) is 5.09. The van der Waals surface area contributed by atoms with Crippen LogP contribution in [0.25, 0.3) is 11.8 Å². The topological polar surface area (TPSA) is 63.6 Å². The maximum Gasteiger partial charge on any atom is 0.329 e. The van der Waals surface area contributed by atoms with Crippen molar-refractivity contribution in [2.75, 3.05) is 6.54 Å². The van der Waals surface area contributed by atoms with Crippen molar-refractivity contribution in [1.29, 1.82) is 0 Å². The first-order valence-corrected chi connectivity index (χ1v) is 11.3. The third-order valence-corrected chi connectivity index (χ3v) is 6.00. The van der Waals surface area contributed by atoms with Crippen molar-refractivity contribution in [3.05, 3.63) is 87.8 Å². The number of hydrogen-bond acceptors (Lipinski definition) is 3. The first kappa shape index (κ1) is 22.7. The molecular formula is C26H26ClN3O3. The summed E-state index contributed by atoms with van der Waals surface area (Å²) in [5.74, 6) is 0.463. The number of aryl methyl sites for hydroxylation is 1. The molecule has 0 atom stereocenters. The molecule has 0 radical (unpaired) electrons. The van der Waals surface area contributed by atoms with Crippen molar-refractivity contribution in [2.24, 2.45) is 0 Å². The Bertz CT molecular complexity index is 1230. The molecule has 3 amide bonds. The summed E-state index contributed by atoms with van der Waals surface area (Å²) >= 11 is 6.20. The van der Waals surface area contributed by atoms with E-state index in [0.29, 0.717) is 23.9 Å². The van der Waals surface area contributed by atoms with Crippen LogP contribution in [0.2, 0.25) is 5.02 Å². The lowest BCUT2D eigenvalue weighted by molar-refractivity contribution is -0.122. The van der Waals surface area contributed by atoms with Gasteiger partial charge in [-0.25, -0.2) is 4.79 Å². The van der Waals surface area contributed by atoms with E-state index >= 15 is 0 Å². The average molecular weight is 464 g/mol. The number of imide groups is 1. The molecule has 6 nitrogen and oxygen atoms in total. The molecule has 0 spiro atoms. The van der Waals surface area contributed by atoms with Crippen LogP contribution in [0.15, 0.2) is 60.3 Å². The van der Waals surface area contributed by atoms with Crippen molar-refractivity contribution in [2.45, 2.75) is 33.8 Å². The Kier molecular flexibility index (Phi) is 6.56. The molecule has 1 aliphatic heterocycles. The number of amides is 3. The van der Waals surface area contributed by atoms with E-state index in [9.17, 15) is 9.59 Å². The van der Waals surface area contributed by atoms with Crippen molar-refractivity contribution in [3.63, 3.8) is 0 Å². The van der Waals surface area contributed by atoms with Crippen LogP contribution in [-0.4, -0.2) is 28.0 Å². The molecule has 33 heavy (non-hydrogen) atoms. The van der Waals surface area contributed by atoms with Gasteiger partial charge in [0.05, 0.1) is 0 Å². The minimum Gasteiger partial charge on any atom is -0.489 e. The third-order valence-electron chi connectivity index (χ3n) is 5.63.